The summed E-state index contributed by atoms with van der Waals surface area (Å²) in [4.78, 5) is 228. The van der Waals surface area contributed by atoms with Crippen molar-refractivity contribution in [2.75, 3.05) is 71.1 Å². The molecule has 0 saturated carbocycles. The first-order valence-corrected chi connectivity index (χ1v) is 42.5. The summed E-state index contributed by atoms with van der Waals surface area (Å²) < 4.78 is 0.380. The largest absolute Gasteiger partial charge is 0.394 e. The summed E-state index contributed by atoms with van der Waals surface area (Å²) in [6.45, 7) is 8.83. The number of unbranched alkanes of at least 4 members (excludes halogenated alkanes) is 1. The number of likely N-dealkylation sites (N-methyl/N-ethyl adjacent to an activating group) is 1. The number of aromatic nitrogens is 1. The molecule has 19 amide bonds. The van der Waals surface area contributed by atoms with Crippen LogP contribution in [-0.4, -0.2) is 247 Å². The van der Waals surface area contributed by atoms with Crippen LogP contribution in [-0.2, 0) is 94.4 Å². The van der Waals surface area contributed by atoms with Gasteiger partial charge in [0, 0.05) is 86.6 Å². The van der Waals surface area contributed by atoms with Gasteiger partial charge in [-0.15, -0.1) is 0 Å². The third-order valence-electron chi connectivity index (χ3n) is 20.7. The first-order chi connectivity index (χ1) is 60.3. The number of pyridine rings is 1. The van der Waals surface area contributed by atoms with E-state index < -0.39 is 168 Å². The number of nitrogens with one attached hydrogen (secondary N) is 16. The van der Waals surface area contributed by atoms with Crippen LogP contribution in [0.25, 0.3) is 10.8 Å². The summed E-state index contributed by atoms with van der Waals surface area (Å²) in [5, 5.41) is 55.9. The summed E-state index contributed by atoms with van der Waals surface area (Å²) in [5.41, 5.74) is 13.7. The molecule has 6 aromatic rings. The van der Waals surface area contributed by atoms with Gasteiger partial charge >= 0.3 is 18.1 Å². The molecule has 21 N–H and O–H groups in total. The zero-order valence-corrected chi connectivity index (χ0v) is 73.1. The van der Waals surface area contributed by atoms with Gasteiger partial charge < -0.3 is 106 Å². The van der Waals surface area contributed by atoms with E-state index in [2.05, 4.69) is 90.1 Å². The van der Waals surface area contributed by atoms with E-state index in [-0.39, 0.29) is 112 Å². The number of carbonyl (C=O) groups excluding carboxylic acids is 16. The van der Waals surface area contributed by atoms with E-state index in [4.69, 9.17) is 23.1 Å². The third kappa shape index (κ3) is 33.0. The van der Waals surface area contributed by atoms with Crippen LogP contribution < -0.4 is 96.5 Å². The van der Waals surface area contributed by atoms with Crippen molar-refractivity contribution in [3.8, 4) is 0 Å². The molecule has 5 aromatic carbocycles. The van der Waals surface area contributed by atoms with Crippen LogP contribution in [0.4, 0.5) is 25.8 Å². The zero-order chi connectivity index (χ0) is 92.6. The second-order valence-corrected chi connectivity index (χ2v) is 33.7. The van der Waals surface area contributed by atoms with Crippen molar-refractivity contribution in [2.45, 2.75) is 184 Å². The van der Waals surface area contributed by atoms with Crippen LogP contribution in [0.3, 0.4) is 0 Å². The molecular formula is C88H117ClN21O17+. The lowest BCUT2D eigenvalue weighted by Gasteiger charge is -2.31. The zero-order valence-electron chi connectivity index (χ0n) is 72.4. The molecule has 1 unspecified atom stereocenters. The molecule has 2 aliphatic heterocycles. The number of halogens is 1. The Morgan fingerprint density at radius 1 is 0.535 bits per heavy atom. The Bertz CT molecular complexity index is 4850. The number of rotatable bonds is 46. The monoisotopic (exact) mass is 1770 g/mol. The number of quaternary nitrogens is 1. The molecule has 11 atom stereocenters. The summed E-state index contributed by atoms with van der Waals surface area (Å²) in [7, 11) is 5.56. The number of primary amides is 2. The summed E-state index contributed by atoms with van der Waals surface area (Å²) >= 11 is 6.28. The van der Waals surface area contributed by atoms with Gasteiger partial charge in [-0.2, -0.15) is 0 Å². The van der Waals surface area contributed by atoms with Crippen LogP contribution in [0.2, 0.25) is 5.02 Å². The van der Waals surface area contributed by atoms with Gasteiger partial charge in [-0.3, -0.25) is 72.6 Å². The molecule has 0 bridgehead atoms. The molecular weight excluding hydrogens is 1660 g/mol. The van der Waals surface area contributed by atoms with Crippen molar-refractivity contribution in [3.05, 3.63) is 173 Å². The van der Waals surface area contributed by atoms with Gasteiger partial charge in [0.15, 0.2) is 6.54 Å². The van der Waals surface area contributed by atoms with Gasteiger partial charge in [0.05, 0.1) is 34.2 Å². The highest BCUT2D eigenvalue weighted by atomic mass is 35.5. The summed E-state index contributed by atoms with van der Waals surface area (Å²) in [6.07, 6.45) is 2.71. The maximum atomic E-state index is 15.6. The molecule has 0 spiro atoms. The number of amides is 19. The molecule has 38 nitrogen and oxygen atoms in total. The van der Waals surface area contributed by atoms with Crippen molar-refractivity contribution < 1.29 is 86.3 Å². The standard InChI is InChI=1S/C88H116ClN21O17/c1-50(2)39-64(77(116)99-63(18-11-12-35-93-51(3)4)85(124)109-38-14-19-72(109)84(123)96-52(5)75(90)114)100-78(117)66(42-55-25-32-62(33-26-55)98-87(126)95-37-36-94-74(113)48-110(6,7)8)101-80(119)67(43-54-23-30-61(31-24-54)97-76(115)70-46-73(112)108-88(127)107-70)104-83(122)71(49-111)105-81(120)68(45-57-15-13-34-92-47-57)103-79(118)65(41-53-21-28-60(89)29-22-53)102-82(121)69(106-86(91)125)44-56-20-27-58-16-9-10-17-59(58)40-56/h9-10,13,15-17,20-34,40,47,50-52,63-72,93,111H,11-12,14,18-19,35-39,41-46,48-49H2,1-8H3,(H18-,90,91,94,95,96,97,98,99,100,101,102,103,104,105,106,107,108,112,113,114,115,116,117,118,119,120,121,122,123,125,126,127)/p+1/t52-,63+,64+,65-,66-,67+,68-,69-,70?,71+,72+/m1/s1. The van der Waals surface area contributed by atoms with E-state index in [9.17, 15) is 53.1 Å². The predicted octanol–water partition coefficient (Wildman–Crippen LogP) is 0.500. The molecule has 682 valence electrons. The van der Waals surface area contributed by atoms with E-state index in [1.807, 2.05) is 71.4 Å². The smallest absolute Gasteiger partial charge is 0.322 e. The number of nitrogens with zero attached hydrogens (tertiary/aromatic N) is 3. The van der Waals surface area contributed by atoms with Gasteiger partial charge in [-0.1, -0.05) is 124 Å². The normalized spacial score (nSPS) is 15.9. The number of anilines is 2. The molecule has 2 aliphatic rings. The maximum Gasteiger partial charge on any atom is 0.322 e. The van der Waals surface area contributed by atoms with Gasteiger partial charge in [-0.25, -0.2) is 14.4 Å². The van der Waals surface area contributed by atoms with Gasteiger partial charge in [0.25, 0.3) is 5.91 Å². The molecule has 3 heterocycles. The number of likely N-dealkylation sites (tertiary alicyclic amines) is 1. The van der Waals surface area contributed by atoms with Gasteiger partial charge in [-0.05, 0) is 139 Å². The van der Waals surface area contributed by atoms with Crippen molar-refractivity contribution in [1.82, 2.24) is 84.3 Å². The SMILES string of the molecule is CC(C)C[C@H](NC(=O)[C@@H](Cc1ccc(NC(=O)NCCNC(=O)C[N+](C)(C)C)cc1)NC(=O)[C@H](Cc1ccc(NC(=O)C2CC(=O)NC(=O)N2)cc1)NC(=O)[C@H](CO)NC(=O)[C@@H](Cc1cccnc1)NC(=O)[C@@H](Cc1ccc(Cl)cc1)NC(=O)[C@@H](Cc1ccc2ccccc2c1)NC(N)=O)C(=O)N[C@@H](CCCCNC(C)C)C(=O)N1CCC[C@H]1C(=O)N[C@H](C)C(N)=O. The number of urea groups is 3. The van der Waals surface area contributed by atoms with Crippen LogP contribution in [0.15, 0.2) is 140 Å². The molecule has 0 aliphatic carbocycles. The molecule has 1 aromatic heterocycles. The first-order valence-electron chi connectivity index (χ1n) is 42.1. The fourth-order valence-corrected chi connectivity index (χ4v) is 14.3. The number of fused-ring (bicyclic) bond motifs is 1. The summed E-state index contributed by atoms with van der Waals surface area (Å²) in [6, 6.07) is 15.9. The second kappa shape index (κ2) is 48.3. The first kappa shape index (κ1) is 99.2. The number of aliphatic hydroxyl groups is 1. The highest BCUT2D eigenvalue weighted by Gasteiger charge is 2.41. The number of aliphatic hydroxyl groups excluding tert-OH is 1. The van der Waals surface area contributed by atoms with E-state index >= 15 is 28.8 Å². The Kier molecular flexibility index (Phi) is 37.8. The second-order valence-electron chi connectivity index (χ2n) is 33.3. The van der Waals surface area contributed by atoms with E-state index in [1.54, 1.807) is 56.3 Å². The van der Waals surface area contributed by atoms with E-state index in [0.29, 0.717) is 57.6 Å². The Labute approximate surface area is 741 Å². The predicted molar refractivity (Wildman–Crippen MR) is 473 cm³/mol. The molecule has 2 fully saturated rings. The number of nitrogens with two attached hydrogens (primary N) is 2. The highest BCUT2D eigenvalue weighted by Crippen LogP contribution is 2.24. The Morgan fingerprint density at radius 3 is 1.56 bits per heavy atom. The van der Waals surface area contributed by atoms with Crippen LogP contribution in [0.5, 0.6) is 0 Å². The van der Waals surface area contributed by atoms with Crippen LogP contribution in [0, 0.1) is 5.92 Å². The van der Waals surface area contributed by atoms with Crippen molar-refractivity contribution in [1.29, 1.82) is 0 Å². The Hall–Kier alpha value is -13.2. The minimum absolute atomic E-state index is 0.0482. The highest BCUT2D eigenvalue weighted by molar-refractivity contribution is 6.30. The fraction of sp³-hybridized carbons (Fsp3) is 0.443. The van der Waals surface area contributed by atoms with Gasteiger partial charge in [0.1, 0.15) is 66.5 Å². The fourth-order valence-electron chi connectivity index (χ4n) is 14.2. The number of hydrogen-bond donors (Lipinski definition) is 19. The number of imide groups is 1. The Morgan fingerprint density at radius 2 is 1.03 bits per heavy atom. The van der Waals surface area contributed by atoms with Crippen LogP contribution >= 0.6 is 11.6 Å². The maximum absolute atomic E-state index is 15.6. The molecule has 127 heavy (non-hydrogen) atoms. The van der Waals surface area contributed by atoms with Crippen LogP contribution in [0.1, 0.15) is 107 Å². The van der Waals surface area contributed by atoms with E-state index in [1.165, 1.54) is 72.7 Å². The summed E-state index contributed by atoms with van der Waals surface area (Å²) in [5.74, 6) is -11.0. The molecule has 39 heteroatoms. The van der Waals surface area contributed by atoms with Gasteiger partial charge in [0.2, 0.25) is 70.9 Å². The average molecular weight is 1780 g/mol. The minimum atomic E-state index is -1.95. The lowest BCUT2D eigenvalue weighted by atomic mass is 9.99. The number of carbonyl (C=O) groups is 16. The number of hydrogen-bond acceptors (Lipinski definition) is 19. The molecule has 2 saturated heterocycles. The Balaban J connectivity index is 1.11. The van der Waals surface area contributed by atoms with Crippen molar-refractivity contribution >= 4 is 129 Å². The van der Waals surface area contributed by atoms with Crippen molar-refractivity contribution in [3.63, 3.8) is 0 Å². The molecule has 8 rings (SSSR count). The van der Waals surface area contributed by atoms with E-state index in [0.717, 1.165) is 10.8 Å². The lowest BCUT2D eigenvalue weighted by Crippen LogP contribution is -2.62. The van der Waals surface area contributed by atoms with Crippen molar-refractivity contribution in [2.24, 2.45) is 17.4 Å². The topological polar surface area (TPSA) is 554 Å². The third-order valence-corrected chi connectivity index (χ3v) is 21.0. The quantitative estimate of drug-likeness (QED) is 0.0183. The minimum Gasteiger partial charge on any atom is -0.394 e. The molecule has 0 radical (unpaired) electrons. The lowest BCUT2D eigenvalue weighted by molar-refractivity contribution is -0.862. The average Bonchev–Trinajstić information content (AvgIpc) is 1.69. The number of benzene rings is 5.